The Bertz CT molecular complexity index is 1430. The van der Waals surface area contributed by atoms with Gasteiger partial charge in [-0.15, -0.1) is 0 Å². The van der Waals surface area contributed by atoms with E-state index in [1.165, 1.54) is 19.2 Å². The Morgan fingerprint density at radius 1 is 1.00 bits per heavy atom. The Morgan fingerprint density at radius 2 is 1.72 bits per heavy atom. The second kappa shape index (κ2) is 8.73. The normalized spacial score (nSPS) is 11.0. The van der Waals surface area contributed by atoms with E-state index in [1.807, 2.05) is 19.9 Å². The number of hydrogen-bond donors (Lipinski definition) is 1. The number of carbonyl (C=O) groups is 1. The topological polar surface area (TPSA) is 77.8 Å². The van der Waals surface area contributed by atoms with E-state index in [0.717, 1.165) is 11.1 Å². The smallest absolute Gasteiger partial charge is 0.262 e. The van der Waals surface area contributed by atoms with E-state index in [0.29, 0.717) is 38.4 Å². The van der Waals surface area contributed by atoms with Gasteiger partial charge in [0.25, 0.3) is 5.91 Å². The van der Waals surface area contributed by atoms with Crippen LogP contribution < -0.4 is 20.2 Å². The van der Waals surface area contributed by atoms with Gasteiger partial charge in [0.15, 0.2) is 6.61 Å². The van der Waals surface area contributed by atoms with E-state index in [4.69, 9.17) is 37.1 Å². The molecule has 0 aliphatic heterocycles. The first kappa shape index (κ1) is 22.0. The predicted octanol–water partition coefficient (Wildman–Crippen LogP) is 5.90. The van der Waals surface area contributed by atoms with Gasteiger partial charge in [0.1, 0.15) is 22.7 Å². The lowest BCUT2D eigenvalue weighted by Crippen LogP contribution is -2.20. The molecular formula is C24H19Cl2NO5. The number of nitrogens with one attached hydrogen (secondary N) is 1. The summed E-state index contributed by atoms with van der Waals surface area (Å²) in [5, 5.41) is 4.30. The lowest BCUT2D eigenvalue weighted by Gasteiger charge is -2.12. The summed E-state index contributed by atoms with van der Waals surface area (Å²) < 4.78 is 16.7. The molecule has 4 aromatic rings. The Hall–Kier alpha value is -3.22. The Kier molecular flexibility index (Phi) is 6.00. The maximum absolute atomic E-state index is 12.9. The van der Waals surface area contributed by atoms with Crippen LogP contribution in [0.3, 0.4) is 0 Å². The summed E-state index contributed by atoms with van der Waals surface area (Å²) in [6, 6.07) is 11.6. The fraction of sp³-hybridized carbons (Fsp3) is 0.167. The van der Waals surface area contributed by atoms with E-state index in [9.17, 15) is 9.59 Å². The molecule has 1 aromatic heterocycles. The van der Waals surface area contributed by atoms with Gasteiger partial charge in [-0.1, -0.05) is 29.3 Å². The summed E-state index contributed by atoms with van der Waals surface area (Å²) >= 11 is 12.1. The largest absolute Gasteiger partial charge is 0.495 e. The van der Waals surface area contributed by atoms with E-state index >= 15 is 0 Å². The highest BCUT2D eigenvalue weighted by atomic mass is 35.5. The molecular weight excluding hydrogens is 453 g/mol. The van der Waals surface area contributed by atoms with Crippen molar-refractivity contribution < 1.29 is 18.7 Å². The zero-order chi connectivity index (χ0) is 23.0. The summed E-state index contributed by atoms with van der Waals surface area (Å²) in [7, 11) is 1.47. The summed E-state index contributed by atoms with van der Waals surface area (Å²) in [6.07, 6.45) is 0. The fourth-order valence-corrected chi connectivity index (χ4v) is 3.86. The number of benzene rings is 3. The molecule has 0 radical (unpaired) electrons. The second-order valence-corrected chi connectivity index (χ2v) is 8.09. The van der Waals surface area contributed by atoms with Crippen LogP contribution in [0.4, 0.5) is 5.69 Å². The number of ether oxygens (including phenoxy) is 2. The number of anilines is 1. The average Bonchev–Trinajstić information content (AvgIpc) is 2.76. The van der Waals surface area contributed by atoms with Crippen molar-refractivity contribution in [2.24, 2.45) is 0 Å². The van der Waals surface area contributed by atoms with Crippen LogP contribution in [0.25, 0.3) is 21.9 Å². The SMILES string of the molecule is COc1cc(OCC(=O)Nc2ccc3c(=O)c4ccc(C)c(C)c4oc3c2)c(Cl)cc1Cl. The number of fused-ring (bicyclic) bond motifs is 2. The fourth-order valence-electron chi connectivity index (χ4n) is 3.35. The van der Waals surface area contributed by atoms with E-state index in [-0.39, 0.29) is 22.8 Å². The zero-order valence-corrected chi connectivity index (χ0v) is 19.1. The standard InChI is InChI=1S/C24H19Cl2NO5/c1-12-4-6-16-23(29)15-7-5-14(8-19(15)32-24(16)13(12)2)27-22(28)11-31-21-10-20(30-3)17(25)9-18(21)26/h4-10H,11H2,1-3H3,(H,27,28). The zero-order valence-electron chi connectivity index (χ0n) is 17.5. The number of hydrogen-bond acceptors (Lipinski definition) is 5. The molecule has 1 heterocycles. The molecule has 1 amide bonds. The highest BCUT2D eigenvalue weighted by Gasteiger charge is 2.14. The van der Waals surface area contributed by atoms with Crippen LogP contribution in [0.15, 0.2) is 51.7 Å². The Morgan fingerprint density at radius 3 is 2.47 bits per heavy atom. The van der Waals surface area contributed by atoms with Crippen molar-refractivity contribution >= 4 is 56.7 Å². The molecule has 0 aliphatic rings. The first-order chi connectivity index (χ1) is 15.3. The van der Waals surface area contributed by atoms with E-state index in [1.54, 1.807) is 24.3 Å². The quantitative estimate of drug-likeness (QED) is 0.366. The molecule has 6 nitrogen and oxygen atoms in total. The Labute approximate surface area is 193 Å². The van der Waals surface area contributed by atoms with Crippen LogP contribution >= 0.6 is 23.2 Å². The van der Waals surface area contributed by atoms with Gasteiger partial charge in [0.05, 0.1) is 27.9 Å². The first-order valence-corrected chi connectivity index (χ1v) is 10.5. The van der Waals surface area contributed by atoms with Crippen molar-refractivity contribution in [3.05, 3.63) is 73.9 Å². The van der Waals surface area contributed by atoms with Crippen molar-refractivity contribution in [3.63, 3.8) is 0 Å². The third-order valence-corrected chi connectivity index (χ3v) is 5.80. The second-order valence-electron chi connectivity index (χ2n) is 7.28. The van der Waals surface area contributed by atoms with Gasteiger partial charge < -0.3 is 19.2 Å². The minimum Gasteiger partial charge on any atom is -0.495 e. The molecule has 164 valence electrons. The predicted molar refractivity (Wildman–Crippen MR) is 127 cm³/mol. The van der Waals surface area contributed by atoms with Gasteiger partial charge in [-0.3, -0.25) is 9.59 Å². The maximum Gasteiger partial charge on any atom is 0.262 e. The lowest BCUT2D eigenvalue weighted by molar-refractivity contribution is -0.118. The van der Waals surface area contributed by atoms with Crippen LogP contribution in [0, 0.1) is 13.8 Å². The summed E-state index contributed by atoms with van der Waals surface area (Å²) in [6.45, 7) is 3.58. The van der Waals surface area contributed by atoms with Gasteiger partial charge in [-0.25, -0.2) is 0 Å². The average molecular weight is 472 g/mol. The van der Waals surface area contributed by atoms with Gasteiger partial charge in [-0.2, -0.15) is 0 Å². The molecule has 0 aliphatic carbocycles. The van der Waals surface area contributed by atoms with Crippen LogP contribution in [-0.2, 0) is 4.79 Å². The van der Waals surface area contributed by atoms with Crippen LogP contribution in [-0.4, -0.2) is 19.6 Å². The molecule has 0 saturated carbocycles. The van der Waals surface area contributed by atoms with Crippen LogP contribution in [0.2, 0.25) is 10.0 Å². The molecule has 4 rings (SSSR count). The van der Waals surface area contributed by atoms with Crippen molar-refractivity contribution in [2.75, 3.05) is 19.0 Å². The third-order valence-electron chi connectivity index (χ3n) is 5.21. The van der Waals surface area contributed by atoms with Crippen LogP contribution in [0.5, 0.6) is 11.5 Å². The number of methoxy groups -OCH3 is 1. The van der Waals surface area contributed by atoms with E-state index in [2.05, 4.69) is 5.32 Å². The Balaban J connectivity index is 1.57. The number of carbonyl (C=O) groups excluding carboxylic acids is 1. The van der Waals surface area contributed by atoms with Crippen molar-refractivity contribution in [1.29, 1.82) is 0 Å². The summed E-state index contributed by atoms with van der Waals surface area (Å²) in [5.41, 5.74) is 3.22. The minimum atomic E-state index is -0.413. The number of halogens is 2. The molecule has 0 bridgehead atoms. The summed E-state index contributed by atoms with van der Waals surface area (Å²) in [4.78, 5) is 25.3. The molecule has 0 fully saturated rings. The van der Waals surface area contributed by atoms with Crippen LogP contribution in [0.1, 0.15) is 11.1 Å². The highest BCUT2D eigenvalue weighted by molar-refractivity contribution is 6.36. The molecule has 0 unspecified atom stereocenters. The van der Waals surface area contributed by atoms with Gasteiger partial charge in [0.2, 0.25) is 5.43 Å². The maximum atomic E-state index is 12.9. The number of rotatable bonds is 5. The summed E-state index contributed by atoms with van der Waals surface area (Å²) in [5.74, 6) is 0.239. The molecule has 1 N–H and O–H groups in total. The molecule has 32 heavy (non-hydrogen) atoms. The highest BCUT2D eigenvalue weighted by Crippen LogP contribution is 2.35. The third kappa shape index (κ3) is 4.11. The van der Waals surface area contributed by atoms with E-state index < -0.39 is 5.91 Å². The molecule has 3 aromatic carbocycles. The van der Waals surface area contributed by atoms with Gasteiger partial charge >= 0.3 is 0 Å². The monoisotopic (exact) mass is 471 g/mol. The van der Waals surface area contributed by atoms with Gasteiger partial charge in [0, 0.05) is 17.8 Å². The lowest BCUT2D eigenvalue weighted by atomic mass is 10.0. The van der Waals surface area contributed by atoms with Crippen molar-refractivity contribution in [1.82, 2.24) is 0 Å². The minimum absolute atomic E-state index is 0.114. The van der Waals surface area contributed by atoms with Gasteiger partial charge in [-0.05, 0) is 49.2 Å². The molecule has 8 heteroatoms. The molecule has 0 saturated heterocycles. The number of amides is 1. The van der Waals surface area contributed by atoms with Crippen molar-refractivity contribution in [2.45, 2.75) is 13.8 Å². The first-order valence-electron chi connectivity index (χ1n) is 9.71. The molecule has 0 spiro atoms. The molecule has 0 atom stereocenters. The van der Waals surface area contributed by atoms with Crippen molar-refractivity contribution in [3.8, 4) is 11.5 Å². The number of aryl methyl sites for hydroxylation is 2.